The fourth-order valence-corrected chi connectivity index (χ4v) is 8.02. The molecule has 1 aromatic carbocycles. The van der Waals surface area contributed by atoms with Gasteiger partial charge < -0.3 is 9.64 Å². The van der Waals surface area contributed by atoms with Gasteiger partial charge >= 0.3 is 5.97 Å². The Hall–Kier alpha value is -2.69. The van der Waals surface area contributed by atoms with Crippen LogP contribution in [0.25, 0.3) is 0 Å². The topological polar surface area (TPSA) is 63.7 Å². The average molecular weight is 476 g/mol. The van der Waals surface area contributed by atoms with Gasteiger partial charge in [0.05, 0.1) is 0 Å². The number of benzene rings is 1. The Kier molecular flexibility index (Phi) is 5.81. The van der Waals surface area contributed by atoms with Crippen LogP contribution in [0.15, 0.2) is 47.1 Å². The van der Waals surface area contributed by atoms with Gasteiger partial charge in [0.1, 0.15) is 0 Å². The van der Waals surface area contributed by atoms with Gasteiger partial charge in [0, 0.05) is 44.5 Å². The molecule has 0 heterocycles. The number of Topliss-reactive ketones (excluding diaryl/α,β-unsaturated/α-hetero) is 1. The summed E-state index contributed by atoms with van der Waals surface area (Å²) in [6, 6.07) is 8.76. The summed E-state index contributed by atoms with van der Waals surface area (Å²) in [6.07, 6.45) is 7.41. The number of anilines is 1. The van der Waals surface area contributed by atoms with Crippen LogP contribution in [0.3, 0.4) is 0 Å². The third-order valence-corrected chi connectivity index (χ3v) is 9.55. The highest BCUT2D eigenvalue weighted by Gasteiger charge is 2.67. The first-order valence-corrected chi connectivity index (χ1v) is 13.0. The molecule has 1 aromatic rings. The number of ether oxygens (including phenoxy) is 1. The monoisotopic (exact) mass is 475 g/mol. The molecule has 0 saturated heterocycles. The van der Waals surface area contributed by atoms with Crippen molar-refractivity contribution in [3.05, 3.63) is 52.6 Å². The number of allylic oxidation sites excluding steroid dienone is 4. The third kappa shape index (κ3) is 3.61. The van der Waals surface area contributed by atoms with Gasteiger partial charge in [-0.1, -0.05) is 24.6 Å². The number of nitrogens with zero attached hydrogens (tertiary/aromatic N) is 1. The number of hydrogen-bond acceptors (Lipinski definition) is 5. The van der Waals surface area contributed by atoms with Crippen molar-refractivity contribution in [1.82, 2.24) is 0 Å². The van der Waals surface area contributed by atoms with Crippen LogP contribution in [0.4, 0.5) is 5.69 Å². The minimum atomic E-state index is -1.07. The molecule has 5 heteroatoms. The van der Waals surface area contributed by atoms with Crippen LogP contribution in [0, 0.1) is 17.3 Å². The number of fused-ring (bicyclic) bond motifs is 4. The molecule has 5 atom stereocenters. The smallest absolute Gasteiger partial charge is 0.303 e. The van der Waals surface area contributed by atoms with E-state index in [9.17, 15) is 14.4 Å². The Morgan fingerprint density at radius 1 is 1.03 bits per heavy atom. The first-order chi connectivity index (χ1) is 16.6. The second kappa shape index (κ2) is 8.46. The lowest BCUT2D eigenvalue weighted by molar-refractivity contribution is -0.182. The Bertz CT molecular complexity index is 1140. The van der Waals surface area contributed by atoms with Gasteiger partial charge in [-0.25, -0.2) is 0 Å². The SMILES string of the molecule is CC(=O)O[C@@]1(C(C)=O)CCC2C3CCC4=CC(=O)CCC4=C3C(c3ccc(N(C)C)cc3)C[C@@]21C. The largest absolute Gasteiger partial charge is 0.451 e. The number of rotatable bonds is 4. The highest BCUT2D eigenvalue weighted by Crippen LogP contribution is 2.67. The van der Waals surface area contributed by atoms with Gasteiger partial charge in [-0.2, -0.15) is 0 Å². The first kappa shape index (κ1) is 24.0. The second-order valence-corrected chi connectivity index (χ2v) is 11.5. The van der Waals surface area contributed by atoms with Gasteiger partial charge in [0.15, 0.2) is 17.2 Å². The van der Waals surface area contributed by atoms with E-state index in [-0.39, 0.29) is 29.4 Å². The molecule has 5 rings (SSSR count). The molecule has 0 radical (unpaired) electrons. The highest BCUT2D eigenvalue weighted by atomic mass is 16.6. The zero-order valence-corrected chi connectivity index (χ0v) is 21.6. The molecular formula is C30H37NO4. The van der Waals surface area contributed by atoms with E-state index in [0.29, 0.717) is 18.8 Å². The van der Waals surface area contributed by atoms with Gasteiger partial charge in [-0.15, -0.1) is 0 Å². The van der Waals surface area contributed by atoms with Crippen molar-refractivity contribution in [1.29, 1.82) is 0 Å². The van der Waals surface area contributed by atoms with Crippen LogP contribution in [-0.4, -0.2) is 37.2 Å². The van der Waals surface area contributed by atoms with E-state index < -0.39 is 11.0 Å². The maximum Gasteiger partial charge on any atom is 0.303 e. The molecule has 4 aliphatic rings. The average Bonchev–Trinajstić information content (AvgIpc) is 3.10. The minimum Gasteiger partial charge on any atom is -0.451 e. The molecule has 186 valence electrons. The lowest BCUT2D eigenvalue weighted by Gasteiger charge is -2.55. The molecule has 0 aromatic heterocycles. The highest BCUT2D eigenvalue weighted by molar-refractivity contribution is 5.93. The maximum atomic E-state index is 13.2. The van der Waals surface area contributed by atoms with E-state index in [4.69, 9.17) is 4.74 Å². The fourth-order valence-electron chi connectivity index (χ4n) is 8.02. The Morgan fingerprint density at radius 2 is 1.74 bits per heavy atom. The zero-order chi connectivity index (χ0) is 25.1. The molecule has 2 fully saturated rings. The summed E-state index contributed by atoms with van der Waals surface area (Å²) >= 11 is 0. The first-order valence-electron chi connectivity index (χ1n) is 13.0. The Labute approximate surface area is 208 Å². The number of carbonyl (C=O) groups excluding carboxylic acids is 3. The van der Waals surface area contributed by atoms with E-state index in [0.717, 1.165) is 37.8 Å². The molecule has 5 nitrogen and oxygen atoms in total. The van der Waals surface area contributed by atoms with Crippen molar-refractivity contribution in [2.45, 2.75) is 77.2 Å². The van der Waals surface area contributed by atoms with E-state index >= 15 is 0 Å². The van der Waals surface area contributed by atoms with Gasteiger partial charge in [0.2, 0.25) is 0 Å². The quantitative estimate of drug-likeness (QED) is 0.535. The van der Waals surface area contributed by atoms with E-state index in [2.05, 4.69) is 36.1 Å². The van der Waals surface area contributed by atoms with Crippen LogP contribution in [0.1, 0.15) is 77.2 Å². The Balaban J connectivity index is 1.68. The molecule has 3 unspecified atom stereocenters. The Morgan fingerprint density at radius 3 is 2.37 bits per heavy atom. The van der Waals surface area contributed by atoms with Crippen LogP contribution >= 0.6 is 0 Å². The number of hydrogen-bond donors (Lipinski definition) is 0. The van der Waals surface area contributed by atoms with Crippen LogP contribution in [0.2, 0.25) is 0 Å². The summed E-state index contributed by atoms with van der Waals surface area (Å²) in [4.78, 5) is 39.8. The molecule has 4 aliphatic carbocycles. The van der Waals surface area contributed by atoms with Crippen molar-refractivity contribution in [2.24, 2.45) is 17.3 Å². The molecule has 35 heavy (non-hydrogen) atoms. The van der Waals surface area contributed by atoms with Gasteiger partial charge in [-0.3, -0.25) is 14.4 Å². The molecule has 0 spiro atoms. The summed E-state index contributed by atoms with van der Waals surface area (Å²) in [5.74, 6) is 0.584. The minimum absolute atomic E-state index is 0.0323. The van der Waals surface area contributed by atoms with Crippen LogP contribution < -0.4 is 4.90 Å². The van der Waals surface area contributed by atoms with Crippen LogP contribution in [-0.2, 0) is 19.1 Å². The molecule has 0 N–H and O–H groups in total. The van der Waals surface area contributed by atoms with E-state index in [1.807, 2.05) is 20.2 Å². The summed E-state index contributed by atoms with van der Waals surface area (Å²) in [5.41, 5.74) is 4.98. The summed E-state index contributed by atoms with van der Waals surface area (Å²) in [6.45, 7) is 5.22. The second-order valence-electron chi connectivity index (χ2n) is 11.5. The zero-order valence-electron chi connectivity index (χ0n) is 21.6. The molecule has 0 aliphatic heterocycles. The van der Waals surface area contributed by atoms with E-state index in [1.54, 1.807) is 6.92 Å². The predicted octanol–water partition coefficient (Wildman–Crippen LogP) is 5.54. The number of ketones is 2. The molecule has 2 saturated carbocycles. The number of esters is 1. The molecule has 0 amide bonds. The van der Waals surface area contributed by atoms with Crippen molar-refractivity contribution in [3.63, 3.8) is 0 Å². The molecular weight excluding hydrogens is 438 g/mol. The molecule has 0 bridgehead atoms. The van der Waals surface area contributed by atoms with Gasteiger partial charge in [-0.05, 0) is 92.2 Å². The van der Waals surface area contributed by atoms with Crippen LogP contribution in [0.5, 0.6) is 0 Å². The van der Waals surface area contributed by atoms with Gasteiger partial charge in [0.25, 0.3) is 0 Å². The van der Waals surface area contributed by atoms with Crippen molar-refractivity contribution in [3.8, 4) is 0 Å². The summed E-state index contributed by atoms with van der Waals surface area (Å²) < 4.78 is 6.00. The van der Waals surface area contributed by atoms with Crippen molar-refractivity contribution < 1.29 is 19.1 Å². The number of carbonyl (C=O) groups is 3. The maximum absolute atomic E-state index is 13.2. The normalized spacial score (nSPS) is 33.9. The van der Waals surface area contributed by atoms with Crippen molar-refractivity contribution >= 4 is 23.2 Å². The fraction of sp³-hybridized carbons (Fsp3) is 0.567. The van der Waals surface area contributed by atoms with E-state index in [1.165, 1.54) is 29.2 Å². The summed E-state index contributed by atoms with van der Waals surface area (Å²) in [7, 11) is 4.08. The summed E-state index contributed by atoms with van der Waals surface area (Å²) in [5, 5.41) is 0. The third-order valence-electron chi connectivity index (χ3n) is 9.55. The predicted molar refractivity (Wildman–Crippen MR) is 136 cm³/mol. The lowest BCUT2D eigenvalue weighted by Crippen LogP contribution is -2.57. The standard InChI is InChI=1S/C30H37NO4/c1-18(32)30(35-19(2)33)15-14-27-25-12-8-21-16-23(34)11-13-24(21)28(25)26(17-29(27,30)3)20-6-9-22(10-7-20)31(4)5/h6-7,9-10,16,25-27H,8,11-15,17H2,1-5H3/t25?,26?,27?,29-,30+/m0/s1. The lowest BCUT2D eigenvalue weighted by atomic mass is 9.50. The van der Waals surface area contributed by atoms with Crippen molar-refractivity contribution in [2.75, 3.05) is 19.0 Å².